The number of carbonyl (C=O) groups is 1. The first-order chi connectivity index (χ1) is 12.6. The van der Waals surface area contributed by atoms with Crippen molar-refractivity contribution in [2.45, 2.75) is 50.7 Å². The minimum absolute atomic E-state index is 0.0267. The van der Waals surface area contributed by atoms with Crippen LogP contribution in [0, 0.1) is 0 Å². The largest absolute Gasteiger partial charge is 0.391 e. The number of carbonyl (C=O) groups excluding carboxylic acids is 1. The van der Waals surface area contributed by atoms with Gasteiger partial charge in [-0.2, -0.15) is 0 Å². The second-order valence-electron chi connectivity index (χ2n) is 7.18. The second-order valence-corrected chi connectivity index (χ2v) is 8.18. The van der Waals surface area contributed by atoms with Gasteiger partial charge in [-0.25, -0.2) is 9.97 Å². The molecular weight excluding hydrogens is 348 g/mol. The third-order valence-corrected chi connectivity index (χ3v) is 6.40. The van der Waals surface area contributed by atoms with Gasteiger partial charge < -0.3 is 15.3 Å². The molecule has 1 aliphatic carbocycles. The van der Waals surface area contributed by atoms with Gasteiger partial charge in [0.15, 0.2) is 0 Å². The highest BCUT2D eigenvalue weighted by Gasteiger charge is 2.33. The molecule has 6 nitrogen and oxygen atoms in total. The number of rotatable bonds is 5. The molecule has 3 heterocycles. The summed E-state index contributed by atoms with van der Waals surface area (Å²) in [5.41, 5.74) is 1.80. The summed E-state index contributed by atoms with van der Waals surface area (Å²) in [4.78, 5) is 24.4. The molecule has 0 radical (unpaired) electrons. The van der Waals surface area contributed by atoms with Crippen LogP contribution in [0.15, 0.2) is 23.8 Å². The summed E-state index contributed by atoms with van der Waals surface area (Å²) in [7, 11) is 0. The van der Waals surface area contributed by atoms with E-state index in [1.807, 2.05) is 17.5 Å². The van der Waals surface area contributed by atoms with Gasteiger partial charge in [-0.3, -0.25) is 4.79 Å². The summed E-state index contributed by atoms with van der Waals surface area (Å²) in [6.07, 6.45) is 4.93. The predicted octanol–water partition coefficient (Wildman–Crippen LogP) is 2.35. The highest BCUT2D eigenvalue weighted by atomic mass is 32.1. The quantitative estimate of drug-likeness (QED) is 0.842. The molecule has 4 rings (SSSR count). The lowest BCUT2D eigenvalue weighted by Crippen LogP contribution is -2.43. The van der Waals surface area contributed by atoms with Crippen LogP contribution in [-0.4, -0.2) is 46.2 Å². The van der Waals surface area contributed by atoms with Gasteiger partial charge in [0.25, 0.3) is 5.91 Å². The number of thiophene rings is 1. The summed E-state index contributed by atoms with van der Waals surface area (Å²) in [6, 6.07) is 4.23. The third kappa shape index (κ3) is 3.59. The standard InChI is InChI=1S/C19H24N4O2S/c1-2-16-7-13(10-26-16)19(25)22-14-5-12(6-14)17-8-18(21-11-20-17)23-4-3-15(24)9-23/h7-8,10-12,14-15,24H,2-6,9H2,1H3,(H,22,25)/t12?,14?,15-/m1/s1. The fourth-order valence-corrected chi connectivity index (χ4v) is 4.45. The first kappa shape index (κ1) is 17.4. The van der Waals surface area contributed by atoms with Crippen LogP contribution in [0.25, 0.3) is 0 Å². The number of β-amino-alcohol motifs (C(OH)–C–C–N with tert-alkyl or cyclic N) is 1. The number of nitrogens with zero attached hydrogens (tertiary/aromatic N) is 3. The molecule has 1 saturated heterocycles. The van der Waals surface area contributed by atoms with E-state index in [9.17, 15) is 9.90 Å². The van der Waals surface area contributed by atoms with Crippen LogP contribution in [0.3, 0.4) is 0 Å². The summed E-state index contributed by atoms with van der Waals surface area (Å²) < 4.78 is 0. The number of anilines is 1. The fraction of sp³-hybridized carbons (Fsp3) is 0.526. The molecule has 0 aromatic carbocycles. The highest BCUT2D eigenvalue weighted by Crippen LogP contribution is 2.37. The Morgan fingerprint density at radius 2 is 2.23 bits per heavy atom. The van der Waals surface area contributed by atoms with Crippen molar-refractivity contribution < 1.29 is 9.90 Å². The van der Waals surface area contributed by atoms with Crippen LogP contribution >= 0.6 is 11.3 Å². The zero-order valence-electron chi connectivity index (χ0n) is 14.9. The van der Waals surface area contributed by atoms with E-state index >= 15 is 0 Å². The van der Waals surface area contributed by atoms with Crippen LogP contribution in [0.2, 0.25) is 0 Å². The van der Waals surface area contributed by atoms with Crippen molar-refractivity contribution in [1.29, 1.82) is 0 Å². The lowest BCUT2D eigenvalue weighted by Gasteiger charge is -2.35. The lowest BCUT2D eigenvalue weighted by atomic mass is 9.78. The molecule has 26 heavy (non-hydrogen) atoms. The maximum atomic E-state index is 12.3. The van der Waals surface area contributed by atoms with E-state index in [-0.39, 0.29) is 18.1 Å². The molecule has 1 aliphatic heterocycles. The third-order valence-electron chi connectivity index (χ3n) is 5.32. The monoisotopic (exact) mass is 372 g/mol. The van der Waals surface area contributed by atoms with Gasteiger partial charge >= 0.3 is 0 Å². The SMILES string of the molecule is CCc1cc(C(=O)NC2CC(c3cc(N4CC[C@@H](O)C4)ncn3)C2)cs1. The van der Waals surface area contributed by atoms with Crippen LogP contribution < -0.4 is 10.2 Å². The summed E-state index contributed by atoms with van der Waals surface area (Å²) in [5.74, 6) is 1.28. The Kier molecular flexibility index (Phi) is 4.91. The molecule has 2 aromatic rings. The number of aliphatic hydroxyl groups is 1. The molecule has 0 bridgehead atoms. The molecule has 7 heteroatoms. The van der Waals surface area contributed by atoms with Crippen molar-refractivity contribution in [3.63, 3.8) is 0 Å². The van der Waals surface area contributed by atoms with Crippen LogP contribution in [0.5, 0.6) is 0 Å². The molecule has 2 N–H and O–H groups in total. The van der Waals surface area contributed by atoms with Gasteiger partial charge in [-0.1, -0.05) is 6.92 Å². The number of aliphatic hydroxyl groups excluding tert-OH is 1. The zero-order valence-corrected chi connectivity index (χ0v) is 15.7. The van der Waals surface area contributed by atoms with E-state index < -0.39 is 0 Å². The Balaban J connectivity index is 1.32. The summed E-state index contributed by atoms with van der Waals surface area (Å²) in [6.45, 7) is 3.57. The number of aryl methyl sites for hydroxylation is 1. The van der Waals surface area contributed by atoms with Crippen LogP contribution in [-0.2, 0) is 6.42 Å². The lowest BCUT2D eigenvalue weighted by molar-refractivity contribution is 0.0908. The molecule has 1 amide bonds. The first-order valence-electron chi connectivity index (χ1n) is 9.25. The fourth-order valence-electron chi connectivity index (χ4n) is 3.64. The molecule has 1 saturated carbocycles. The average molecular weight is 372 g/mol. The Morgan fingerprint density at radius 1 is 1.38 bits per heavy atom. The van der Waals surface area contributed by atoms with E-state index in [1.54, 1.807) is 17.7 Å². The van der Waals surface area contributed by atoms with E-state index in [0.717, 1.165) is 49.3 Å². The van der Waals surface area contributed by atoms with Gasteiger partial charge in [-0.05, 0) is 31.7 Å². The van der Waals surface area contributed by atoms with Crippen molar-refractivity contribution in [3.05, 3.63) is 40.0 Å². The molecule has 2 fully saturated rings. The number of hydrogen-bond donors (Lipinski definition) is 2. The maximum Gasteiger partial charge on any atom is 0.252 e. The zero-order chi connectivity index (χ0) is 18.1. The molecule has 0 spiro atoms. The highest BCUT2D eigenvalue weighted by molar-refractivity contribution is 7.10. The van der Waals surface area contributed by atoms with Crippen molar-refractivity contribution >= 4 is 23.1 Å². The van der Waals surface area contributed by atoms with Gasteiger partial charge in [0, 0.05) is 47.1 Å². The van der Waals surface area contributed by atoms with Crippen LogP contribution in [0.1, 0.15) is 53.0 Å². The van der Waals surface area contributed by atoms with E-state index in [1.165, 1.54) is 4.88 Å². The molecular formula is C19H24N4O2S. The van der Waals surface area contributed by atoms with Gasteiger partial charge in [0.1, 0.15) is 12.1 Å². The van der Waals surface area contributed by atoms with Crippen molar-refractivity contribution in [2.75, 3.05) is 18.0 Å². The molecule has 2 aromatic heterocycles. The molecule has 138 valence electrons. The van der Waals surface area contributed by atoms with Gasteiger partial charge in [0.2, 0.25) is 0 Å². The Hall–Kier alpha value is -1.99. The summed E-state index contributed by atoms with van der Waals surface area (Å²) in [5, 5.41) is 14.8. The number of nitrogens with one attached hydrogen (secondary N) is 1. The second kappa shape index (κ2) is 7.32. The Morgan fingerprint density at radius 3 is 2.92 bits per heavy atom. The molecule has 0 unspecified atom stereocenters. The van der Waals surface area contributed by atoms with Crippen molar-refractivity contribution in [2.24, 2.45) is 0 Å². The van der Waals surface area contributed by atoms with E-state index in [4.69, 9.17) is 0 Å². The van der Waals surface area contributed by atoms with Crippen LogP contribution in [0.4, 0.5) is 5.82 Å². The molecule has 2 aliphatic rings. The normalized spacial score (nSPS) is 25.2. The van der Waals surface area contributed by atoms with Gasteiger partial charge in [-0.15, -0.1) is 11.3 Å². The minimum atomic E-state index is -0.262. The maximum absolute atomic E-state index is 12.3. The van der Waals surface area contributed by atoms with Crippen molar-refractivity contribution in [1.82, 2.24) is 15.3 Å². The Bertz CT molecular complexity index is 787. The Labute approximate surface area is 157 Å². The number of amides is 1. The van der Waals surface area contributed by atoms with E-state index in [2.05, 4.69) is 27.1 Å². The number of hydrogen-bond acceptors (Lipinski definition) is 6. The topological polar surface area (TPSA) is 78.4 Å². The van der Waals surface area contributed by atoms with Gasteiger partial charge in [0.05, 0.1) is 11.7 Å². The average Bonchev–Trinajstić information content (AvgIpc) is 3.26. The minimum Gasteiger partial charge on any atom is -0.391 e. The number of aromatic nitrogens is 2. The summed E-state index contributed by atoms with van der Waals surface area (Å²) >= 11 is 1.64. The van der Waals surface area contributed by atoms with E-state index in [0.29, 0.717) is 12.5 Å². The molecule has 1 atom stereocenters. The van der Waals surface area contributed by atoms with Crippen molar-refractivity contribution in [3.8, 4) is 0 Å². The first-order valence-corrected chi connectivity index (χ1v) is 10.1. The smallest absolute Gasteiger partial charge is 0.252 e. The predicted molar refractivity (Wildman–Crippen MR) is 102 cm³/mol.